The van der Waals surface area contributed by atoms with Gasteiger partial charge in [-0.2, -0.15) is 0 Å². The Labute approximate surface area is 152 Å². The Hall–Kier alpha value is -2.82. The molecule has 3 aromatic rings. The molecule has 0 saturated carbocycles. The van der Waals surface area contributed by atoms with Crippen molar-refractivity contribution in [2.75, 3.05) is 0 Å². The standard InChI is InChI=1S/C21H24N2O3/c1-13(2)9-10-23-20-7-5-16(14(3)22-26-15(4)24)11-18(20)19-12-17(25)6-8-21(19)23/h5-8,11-13,25H,9-10H2,1-4H3/b22-14+. The number of aryl methyl sites for hydroxylation is 1. The number of phenolic OH excluding ortho intramolecular Hbond substituents is 1. The number of phenols is 1. The molecule has 0 bridgehead atoms. The molecule has 0 spiro atoms. The summed E-state index contributed by atoms with van der Waals surface area (Å²) in [5.74, 6) is 0.411. The van der Waals surface area contributed by atoms with Crippen molar-refractivity contribution < 1.29 is 14.7 Å². The minimum Gasteiger partial charge on any atom is -0.508 e. The molecule has 136 valence electrons. The van der Waals surface area contributed by atoms with Gasteiger partial charge in [0.05, 0.1) is 5.71 Å². The van der Waals surface area contributed by atoms with E-state index in [4.69, 9.17) is 4.84 Å². The smallest absolute Gasteiger partial charge is 0.331 e. The van der Waals surface area contributed by atoms with E-state index in [0.29, 0.717) is 11.6 Å². The molecule has 0 atom stereocenters. The second kappa shape index (κ2) is 7.20. The van der Waals surface area contributed by atoms with Gasteiger partial charge < -0.3 is 14.5 Å². The van der Waals surface area contributed by atoms with Gasteiger partial charge in [0.25, 0.3) is 0 Å². The van der Waals surface area contributed by atoms with E-state index < -0.39 is 5.97 Å². The molecule has 0 aliphatic carbocycles. The number of nitrogens with zero attached hydrogens (tertiary/aromatic N) is 2. The SMILES string of the molecule is CC(=O)O/N=C(\C)c1ccc2c(c1)c1cc(O)ccc1n2CCC(C)C. The van der Waals surface area contributed by atoms with Crippen molar-refractivity contribution >= 4 is 33.5 Å². The number of rotatable bonds is 5. The molecular weight excluding hydrogens is 328 g/mol. The van der Waals surface area contributed by atoms with E-state index in [9.17, 15) is 9.90 Å². The maximum absolute atomic E-state index is 11.0. The largest absolute Gasteiger partial charge is 0.508 e. The highest BCUT2D eigenvalue weighted by atomic mass is 16.7. The van der Waals surface area contributed by atoms with Crippen molar-refractivity contribution in [3.05, 3.63) is 42.0 Å². The van der Waals surface area contributed by atoms with Crippen molar-refractivity contribution in [3.8, 4) is 5.75 Å². The highest BCUT2D eigenvalue weighted by Crippen LogP contribution is 2.32. The number of oxime groups is 1. The Morgan fingerprint density at radius 1 is 1.12 bits per heavy atom. The number of hydrogen-bond donors (Lipinski definition) is 1. The van der Waals surface area contributed by atoms with Crippen LogP contribution in [0.25, 0.3) is 21.8 Å². The van der Waals surface area contributed by atoms with Gasteiger partial charge in [0.1, 0.15) is 5.75 Å². The topological polar surface area (TPSA) is 63.8 Å². The van der Waals surface area contributed by atoms with E-state index >= 15 is 0 Å². The Morgan fingerprint density at radius 3 is 2.42 bits per heavy atom. The van der Waals surface area contributed by atoms with Crippen LogP contribution in [0, 0.1) is 5.92 Å². The Bertz CT molecular complexity index is 999. The second-order valence-corrected chi connectivity index (χ2v) is 7.03. The molecule has 0 radical (unpaired) electrons. The minimum atomic E-state index is -0.444. The van der Waals surface area contributed by atoms with Crippen LogP contribution in [0.2, 0.25) is 0 Å². The van der Waals surface area contributed by atoms with E-state index in [0.717, 1.165) is 40.3 Å². The normalized spacial score (nSPS) is 12.3. The molecule has 1 N–H and O–H groups in total. The third-order valence-corrected chi connectivity index (χ3v) is 4.51. The number of fused-ring (bicyclic) bond motifs is 3. The van der Waals surface area contributed by atoms with Gasteiger partial charge >= 0.3 is 5.97 Å². The maximum Gasteiger partial charge on any atom is 0.331 e. The fraction of sp³-hybridized carbons (Fsp3) is 0.333. The Balaban J connectivity index is 2.16. The molecule has 26 heavy (non-hydrogen) atoms. The molecule has 0 unspecified atom stereocenters. The minimum absolute atomic E-state index is 0.246. The van der Waals surface area contributed by atoms with Gasteiger partial charge in [0.2, 0.25) is 0 Å². The van der Waals surface area contributed by atoms with Crippen molar-refractivity contribution in [1.82, 2.24) is 4.57 Å². The summed E-state index contributed by atoms with van der Waals surface area (Å²) in [5, 5.41) is 15.9. The van der Waals surface area contributed by atoms with Crippen molar-refractivity contribution in [2.45, 2.75) is 40.7 Å². The lowest BCUT2D eigenvalue weighted by Crippen LogP contribution is -2.02. The van der Waals surface area contributed by atoms with Crippen LogP contribution in [-0.2, 0) is 16.2 Å². The van der Waals surface area contributed by atoms with Crippen LogP contribution in [0.15, 0.2) is 41.6 Å². The van der Waals surface area contributed by atoms with Gasteiger partial charge in [0.15, 0.2) is 0 Å². The lowest BCUT2D eigenvalue weighted by atomic mass is 10.1. The van der Waals surface area contributed by atoms with E-state index in [1.54, 1.807) is 19.1 Å². The molecule has 1 heterocycles. The molecule has 3 rings (SSSR count). The average Bonchev–Trinajstić information content (AvgIpc) is 2.90. The molecule has 5 heteroatoms. The highest BCUT2D eigenvalue weighted by Gasteiger charge is 2.13. The summed E-state index contributed by atoms with van der Waals surface area (Å²) in [6.45, 7) is 8.48. The molecule has 2 aromatic carbocycles. The fourth-order valence-corrected chi connectivity index (χ4v) is 3.13. The number of hydrogen-bond acceptors (Lipinski definition) is 4. The summed E-state index contributed by atoms with van der Waals surface area (Å²) < 4.78 is 2.30. The predicted octanol–water partition coefficient (Wildman–Crippen LogP) is 4.83. The third-order valence-electron chi connectivity index (χ3n) is 4.51. The Morgan fingerprint density at radius 2 is 1.77 bits per heavy atom. The molecule has 0 aliphatic rings. The van der Waals surface area contributed by atoms with Gasteiger partial charge in [-0.25, -0.2) is 4.79 Å². The summed E-state index contributed by atoms with van der Waals surface area (Å²) in [5.41, 5.74) is 3.73. The number of aromatic hydroxyl groups is 1. The maximum atomic E-state index is 11.0. The van der Waals surface area contributed by atoms with Crippen LogP contribution in [0.5, 0.6) is 5.75 Å². The zero-order chi connectivity index (χ0) is 18.8. The van der Waals surface area contributed by atoms with Crippen LogP contribution >= 0.6 is 0 Å². The predicted molar refractivity (Wildman–Crippen MR) is 105 cm³/mol. The average molecular weight is 352 g/mol. The molecular formula is C21H24N2O3. The van der Waals surface area contributed by atoms with Crippen LogP contribution in [0.4, 0.5) is 0 Å². The van der Waals surface area contributed by atoms with E-state index in [-0.39, 0.29) is 5.75 Å². The monoisotopic (exact) mass is 352 g/mol. The first-order chi connectivity index (χ1) is 12.4. The summed E-state index contributed by atoms with van der Waals surface area (Å²) in [6.07, 6.45) is 1.08. The number of carbonyl (C=O) groups is 1. The zero-order valence-electron chi connectivity index (χ0n) is 15.6. The van der Waals surface area contributed by atoms with Crippen molar-refractivity contribution in [2.24, 2.45) is 11.1 Å². The zero-order valence-corrected chi connectivity index (χ0v) is 15.6. The summed E-state index contributed by atoms with van der Waals surface area (Å²) in [6, 6.07) is 11.6. The molecule has 5 nitrogen and oxygen atoms in total. The summed E-state index contributed by atoms with van der Waals surface area (Å²) >= 11 is 0. The van der Waals surface area contributed by atoms with Gasteiger partial charge in [-0.3, -0.25) is 0 Å². The summed E-state index contributed by atoms with van der Waals surface area (Å²) in [4.78, 5) is 15.7. The lowest BCUT2D eigenvalue weighted by Gasteiger charge is -2.10. The highest BCUT2D eigenvalue weighted by molar-refractivity contribution is 6.11. The number of aromatic nitrogens is 1. The lowest BCUT2D eigenvalue weighted by molar-refractivity contribution is -0.140. The van der Waals surface area contributed by atoms with Gasteiger partial charge in [0, 0.05) is 35.3 Å². The van der Waals surface area contributed by atoms with Gasteiger partial charge in [-0.1, -0.05) is 25.1 Å². The van der Waals surface area contributed by atoms with E-state index in [1.165, 1.54) is 6.92 Å². The molecule has 0 aliphatic heterocycles. The van der Waals surface area contributed by atoms with Crippen LogP contribution in [0.1, 0.15) is 39.7 Å². The fourth-order valence-electron chi connectivity index (χ4n) is 3.13. The van der Waals surface area contributed by atoms with Crippen molar-refractivity contribution in [3.63, 3.8) is 0 Å². The van der Waals surface area contributed by atoms with Crippen LogP contribution < -0.4 is 0 Å². The van der Waals surface area contributed by atoms with E-state index in [1.807, 2.05) is 18.2 Å². The molecule has 0 amide bonds. The Kier molecular flexibility index (Phi) is 4.98. The first-order valence-electron chi connectivity index (χ1n) is 8.84. The molecule has 0 fully saturated rings. The summed E-state index contributed by atoms with van der Waals surface area (Å²) in [7, 11) is 0. The first-order valence-corrected chi connectivity index (χ1v) is 8.84. The van der Waals surface area contributed by atoms with E-state index in [2.05, 4.69) is 29.6 Å². The molecule has 0 saturated heterocycles. The molecule has 1 aromatic heterocycles. The van der Waals surface area contributed by atoms with Crippen molar-refractivity contribution in [1.29, 1.82) is 0 Å². The van der Waals surface area contributed by atoms with Gasteiger partial charge in [-0.15, -0.1) is 0 Å². The van der Waals surface area contributed by atoms with Gasteiger partial charge in [-0.05, 0) is 55.2 Å². The quantitative estimate of drug-likeness (QED) is 0.406. The first kappa shape index (κ1) is 18.0. The van der Waals surface area contributed by atoms with Crippen LogP contribution in [-0.4, -0.2) is 21.4 Å². The third kappa shape index (κ3) is 3.57. The number of carbonyl (C=O) groups excluding carboxylic acids is 1. The number of benzene rings is 2. The second-order valence-electron chi connectivity index (χ2n) is 7.03. The van der Waals surface area contributed by atoms with Crippen LogP contribution in [0.3, 0.4) is 0 Å².